The summed E-state index contributed by atoms with van der Waals surface area (Å²) in [7, 11) is -4.13. The Balaban J connectivity index is 1.20. The fraction of sp³-hybridized carbons (Fsp3) is 0. The third-order valence-corrected chi connectivity index (χ3v) is 19.9. The monoisotopic (exact) mass is 901 g/mol. The normalized spacial score (nSPS) is 12.3. The molecule has 9 heteroatoms. The molecule has 14 aromatic rings. The van der Waals surface area contributed by atoms with Crippen LogP contribution in [-0.4, -0.2) is 46.3 Å². The molecule has 6 aromatic carbocycles. The second-order valence-corrected chi connectivity index (χ2v) is 22.3. The summed E-state index contributed by atoms with van der Waals surface area (Å²) < 4.78 is 8.98. The molecule has 0 atom stereocenters. The Morgan fingerprint density at radius 1 is 0.275 bits per heavy atom. The van der Waals surface area contributed by atoms with Gasteiger partial charge in [0.15, 0.2) is 0 Å². The summed E-state index contributed by atoms with van der Waals surface area (Å²) in [5.41, 5.74) is 7.62. The number of benzene rings is 6. The minimum atomic E-state index is -4.13. The van der Waals surface area contributed by atoms with Crippen LogP contribution >= 0.6 is 0 Å². The van der Waals surface area contributed by atoms with E-state index in [1.54, 1.807) is 0 Å². The molecule has 14 rings (SSSR count). The summed E-state index contributed by atoms with van der Waals surface area (Å²) in [5, 5.41) is 14.2. The van der Waals surface area contributed by atoms with Gasteiger partial charge in [0.25, 0.3) is 0 Å². The molecule has 0 radical (unpaired) electrons. The Kier molecular flexibility index (Phi) is 8.74. The molecule has 326 valence electrons. The number of fused-ring (bicyclic) bond motifs is 6. The fourth-order valence-corrected chi connectivity index (χ4v) is 17.4. The molecule has 8 nitrogen and oxygen atoms in total. The third kappa shape index (κ3) is 6.07. The first kappa shape index (κ1) is 39.0. The molecule has 0 N–H and O–H groups in total. The molecule has 0 bridgehead atoms. The van der Waals surface area contributed by atoms with Crippen molar-refractivity contribution in [2.24, 2.45) is 0 Å². The van der Waals surface area contributed by atoms with Crippen molar-refractivity contribution < 1.29 is 0 Å². The minimum absolute atomic E-state index is 0.894. The van der Waals surface area contributed by atoms with Crippen LogP contribution in [-0.2, 0) is 0 Å². The second-order valence-electron chi connectivity index (χ2n) is 18.0. The van der Waals surface area contributed by atoms with Crippen molar-refractivity contribution in [1.29, 1.82) is 0 Å². The predicted molar refractivity (Wildman–Crippen MR) is 285 cm³/mol. The van der Waals surface area contributed by atoms with Gasteiger partial charge in [-0.1, -0.05) is 0 Å². The average molecular weight is 902 g/mol. The number of hydrogen-bond donors (Lipinski definition) is 0. The first-order valence-corrected chi connectivity index (χ1v) is 25.6. The number of pyridine rings is 4. The molecule has 8 heterocycles. The molecule has 0 aliphatic rings. The van der Waals surface area contributed by atoms with E-state index in [-0.39, 0.29) is 0 Å². The first-order chi connectivity index (χ1) is 34.2. The van der Waals surface area contributed by atoms with E-state index >= 15 is 0 Å². The molecule has 0 saturated carbocycles. The Bertz CT molecular complexity index is 3840. The zero-order valence-corrected chi connectivity index (χ0v) is 38.4. The maximum absolute atomic E-state index is 4.98. The van der Waals surface area contributed by atoms with E-state index in [9.17, 15) is 0 Å². The average Bonchev–Trinajstić information content (AvgIpc) is 4.24. The Hall–Kier alpha value is -9.18. The molecule has 0 unspecified atom stereocenters. The van der Waals surface area contributed by atoms with Crippen LogP contribution in [0.5, 0.6) is 0 Å². The molecule has 0 aliphatic heterocycles. The zero-order chi connectivity index (χ0) is 45.5. The molecule has 8 aromatic heterocycles. The van der Waals surface area contributed by atoms with Gasteiger partial charge in [-0.3, -0.25) is 0 Å². The zero-order valence-electron chi connectivity index (χ0n) is 37.2. The van der Waals surface area contributed by atoms with E-state index in [0.717, 1.165) is 66.9 Å². The fourth-order valence-electron chi connectivity index (χ4n) is 11.3. The van der Waals surface area contributed by atoms with Crippen molar-refractivity contribution in [2.75, 3.05) is 0 Å². The first-order valence-electron chi connectivity index (χ1n) is 23.3. The van der Waals surface area contributed by atoms with Gasteiger partial charge >= 0.3 is 399 Å². The molecular formula is C60H41N8Si-. The van der Waals surface area contributed by atoms with Gasteiger partial charge in [-0.05, 0) is 0 Å². The van der Waals surface area contributed by atoms with Gasteiger partial charge in [0.2, 0.25) is 0 Å². The second kappa shape index (κ2) is 15.4. The summed E-state index contributed by atoms with van der Waals surface area (Å²) in [6, 6.07) is 71.2. The van der Waals surface area contributed by atoms with Crippen molar-refractivity contribution in [3.05, 3.63) is 244 Å². The van der Waals surface area contributed by atoms with Gasteiger partial charge in [-0.2, -0.15) is 0 Å². The van der Waals surface area contributed by atoms with Crippen molar-refractivity contribution in [3.63, 3.8) is 0 Å². The number of hydrogen-bond acceptors (Lipinski definition) is 4. The van der Waals surface area contributed by atoms with Gasteiger partial charge in [-0.25, -0.2) is 0 Å². The number of nitrogens with zero attached hydrogens (tertiary/aromatic N) is 8. The van der Waals surface area contributed by atoms with E-state index in [4.69, 9.17) is 19.9 Å². The van der Waals surface area contributed by atoms with Gasteiger partial charge in [0.05, 0.1) is 0 Å². The van der Waals surface area contributed by atoms with E-state index in [2.05, 4.69) is 213 Å². The summed E-state index contributed by atoms with van der Waals surface area (Å²) in [6.07, 6.45) is 16.1. The molecule has 69 heavy (non-hydrogen) atoms. The number of aromatic nitrogens is 8. The van der Waals surface area contributed by atoms with Crippen LogP contribution in [0.1, 0.15) is 0 Å². The maximum atomic E-state index is 4.98. The van der Waals surface area contributed by atoms with Crippen LogP contribution in [0.15, 0.2) is 244 Å². The van der Waals surface area contributed by atoms with Crippen molar-refractivity contribution >= 4 is 94.5 Å². The van der Waals surface area contributed by atoms with Crippen LogP contribution in [0.4, 0.5) is 0 Å². The van der Waals surface area contributed by atoms with E-state index < -0.39 is 8.07 Å². The molecule has 0 fully saturated rings. The molecule has 0 amide bonds. The Morgan fingerprint density at radius 2 is 0.580 bits per heavy atom. The van der Waals surface area contributed by atoms with Gasteiger partial charge < -0.3 is 0 Å². The molecule has 0 aliphatic carbocycles. The van der Waals surface area contributed by atoms with Crippen molar-refractivity contribution in [3.8, 4) is 22.7 Å². The van der Waals surface area contributed by atoms with Crippen LogP contribution in [0, 0.1) is 0 Å². The van der Waals surface area contributed by atoms with E-state index in [0.29, 0.717) is 0 Å². The SMILES string of the molecule is c1ccc2c([SiH-](c3cc(-n4ccc5cccnc54)cc(-n4ccc5cccnc54)c3)(c3cc(-n4ccc5cccnc54)cc(-n4ccc5cccnc54)c3)c3cccc4ccccc34)cccc2c1. The molecule has 0 saturated heterocycles. The topological polar surface area (TPSA) is 71.3 Å². The third-order valence-electron chi connectivity index (χ3n) is 14.3. The van der Waals surface area contributed by atoms with Gasteiger partial charge in [0.1, 0.15) is 0 Å². The Labute approximate surface area is 397 Å². The van der Waals surface area contributed by atoms with Crippen LogP contribution in [0.25, 0.3) is 88.4 Å². The van der Waals surface area contributed by atoms with Crippen molar-refractivity contribution in [2.45, 2.75) is 0 Å². The summed E-state index contributed by atoms with van der Waals surface area (Å²) in [4.78, 5) is 19.9. The molecule has 0 spiro atoms. The van der Waals surface area contributed by atoms with Gasteiger partial charge in [0, 0.05) is 0 Å². The standard InChI is InChI=1S/C60H41N8Si/c1-3-19-53-41(11-1)13-5-21-55(53)69(56-22-6-14-42-12-2-4-20-54(42)56,51-37-47(65-31-23-43-15-7-27-61-57(43)65)35-48(38-51)66-32-24-44-16-8-28-62-58(44)66)52-39-49(67-33-25-45-17-9-29-63-59(45)67)36-50(40-52)68-34-26-46-18-10-30-64-60(46)68/h1-40,69H/q-1. The summed E-state index contributed by atoms with van der Waals surface area (Å²) in [5.74, 6) is 0. The summed E-state index contributed by atoms with van der Waals surface area (Å²) in [6.45, 7) is 0. The molecular weight excluding hydrogens is 861 g/mol. The van der Waals surface area contributed by atoms with Gasteiger partial charge in [-0.15, -0.1) is 0 Å². The predicted octanol–water partition coefficient (Wildman–Crippen LogP) is 10.5. The van der Waals surface area contributed by atoms with Crippen LogP contribution in [0.2, 0.25) is 0 Å². The van der Waals surface area contributed by atoms with Crippen molar-refractivity contribution in [1.82, 2.24) is 38.2 Å². The quantitative estimate of drug-likeness (QED) is 0.113. The van der Waals surface area contributed by atoms with E-state index in [1.165, 1.54) is 42.3 Å². The van der Waals surface area contributed by atoms with Crippen LogP contribution < -0.4 is 20.7 Å². The Morgan fingerprint density at radius 3 is 0.928 bits per heavy atom. The van der Waals surface area contributed by atoms with E-state index in [1.807, 2.05) is 49.1 Å². The summed E-state index contributed by atoms with van der Waals surface area (Å²) >= 11 is 0. The van der Waals surface area contributed by atoms with Crippen LogP contribution in [0.3, 0.4) is 0 Å². The number of rotatable bonds is 8.